The number of aliphatic imine (C=N–C) groups is 1. The molecule has 0 saturated heterocycles. The van der Waals surface area contributed by atoms with E-state index in [0.717, 1.165) is 11.3 Å². The first-order valence-electron chi connectivity index (χ1n) is 5.71. The van der Waals surface area contributed by atoms with Crippen molar-refractivity contribution in [2.24, 2.45) is 10.8 Å². The van der Waals surface area contributed by atoms with Gasteiger partial charge in [-0.2, -0.15) is 0 Å². The molecule has 4 N–H and O–H groups in total. The van der Waals surface area contributed by atoms with Crippen molar-refractivity contribution in [2.75, 3.05) is 0 Å². The van der Waals surface area contributed by atoms with Crippen molar-refractivity contribution in [1.82, 2.24) is 10.7 Å². The van der Waals surface area contributed by atoms with E-state index >= 15 is 0 Å². The summed E-state index contributed by atoms with van der Waals surface area (Å²) in [5.41, 5.74) is 4.90. The lowest BCUT2D eigenvalue weighted by Crippen LogP contribution is -2.44. The van der Waals surface area contributed by atoms with Gasteiger partial charge in [-0.15, -0.1) is 0 Å². The van der Waals surface area contributed by atoms with Crippen LogP contribution in [0, 0.1) is 0 Å². The predicted octanol–water partition coefficient (Wildman–Crippen LogP) is 1.01. The maximum absolute atomic E-state index is 11.8. The van der Waals surface area contributed by atoms with Crippen LogP contribution in [-0.4, -0.2) is 11.7 Å². The summed E-state index contributed by atoms with van der Waals surface area (Å²) >= 11 is 0. The van der Waals surface area contributed by atoms with Crippen LogP contribution in [0.15, 0.2) is 46.6 Å². The minimum absolute atomic E-state index is 0.00803. The summed E-state index contributed by atoms with van der Waals surface area (Å²) in [5.74, 6) is 5.85. The molecule has 5 nitrogen and oxygen atoms in total. The number of nitrogens with zero attached hydrogens (tertiary/aromatic N) is 1. The zero-order chi connectivity index (χ0) is 13.1. The van der Waals surface area contributed by atoms with Crippen LogP contribution in [0.5, 0.6) is 0 Å². The quantitative estimate of drug-likeness (QED) is 0.536. The number of ketones is 1. The first-order valence-corrected chi connectivity index (χ1v) is 5.71. The van der Waals surface area contributed by atoms with Gasteiger partial charge in [0.1, 0.15) is 6.04 Å². The number of hydrogen-bond donors (Lipinski definition) is 3. The molecule has 1 aliphatic rings. The number of carbonyl (C=O) groups excluding carboxylic acids is 1. The molecule has 0 spiro atoms. The van der Waals surface area contributed by atoms with Crippen molar-refractivity contribution in [3.05, 3.63) is 47.2 Å². The van der Waals surface area contributed by atoms with E-state index < -0.39 is 0 Å². The Balaban J connectivity index is 2.48. The van der Waals surface area contributed by atoms with E-state index in [1.165, 1.54) is 0 Å². The lowest BCUT2D eigenvalue weighted by Gasteiger charge is -2.25. The van der Waals surface area contributed by atoms with Crippen molar-refractivity contribution >= 4 is 11.7 Å². The third kappa shape index (κ3) is 2.26. The van der Waals surface area contributed by atoms with Crippen molar-refractivity contribution in [3.63, 3.8) is 0 Å². The zero-order valence-electron chi connectivity index (χ0n) is 10.4. The molecule has 1 heterocycles. The summed E-state index contributed by atoms with van der Waals surface area (Å²) in [4.78, 5) is 16.2. The molecule has 0 radical (unpaired) electrons. The smallest absolute Gasteiger partial charge is 0.210 e. The topological polar surface area (TPSA) is 79.5 Å². The van der Waals surface area contributed by atoms with E-state index in [1.807, 2.05) is 37.3 Å². The van der Waals surface area contributed by atoms with Gasteiger partial charge in [0.15, 0.2) is 5.78 Å². The van der Waals surface area contributed by atoms with Crippen LogP contribution < -0.4 is 16.6 Å². The highest BCUT2D eigenvalue weighted by Crippen LogP contribution is 2.30. The van der Waals surface area contributed by atoms with E-state index in [2.05, 4.69) is 15.7 Å². The zero-order valence-corrected chi connectivity index (χ0v) is 10.4. The van der Waals surface area contributed by atoms with Crippen LogP contribution in [0.25, 0.3) is 0 Å². The van der Waals surface area contributed by atoms with Gasteiger partial charge in [0, 0.05) is 11.3 Å². The fraction of sp³-hybridized carbons (Fsp3) is 0.231. The van der Waals surface area contributed by atoms with Gasteiger partial charge in [0.25, 0.3) is 0 Å². The molecule has 0 aromatic heterocycles. The van der Waals surface area contributed by atoms with Crippen molar-refractivity contribution in [2.45, 2.75) is 19.9 Å². The number of Topliss-reactive ketones (excluding diaryl/α,β-unsaturated/α-hetero) is 1. The molecule has 0 amide bonds. The Morgan fingerprint density at radius 2 is 2.06 bits per heavy atom. The molecule has 0 saturated carbocycles. The minimum atomic E-state index is -0.309. The maximum Gasteiger partial charge on any atom is 0.210 e. The van der Waals surface area contributed by atoms with E-state index in [0.29, 0.717) is 11.5 Å². The highest BCUT2D eigenvalue weighted by Gasteiger charge is 2.26. The predicted molar refractivity (Wildman–Crippen MR) is 70.5 cm³/mol. The first-order chi connectivity index (χ1) is 8.63. The van der Waals surface area contributed by atoms with E-state index in [9.17, 15) is 4.79 Å². The summed E-state index contributed by atoms with van der Waals surface area (Å²) in [7, 11) is 0. The van der Waals surface area contributed by atoms with Gasteiger partial charge in [0.05, 0.1) is 0 Å². The second-order valence-electron chi connectivity index (χ2n) is 4.16. The van der Waals surface area contributed by atoms with Crippen LogP contribution in [0.1, 0.15) is 25.5 Å². The summed E-state index contributed by atoms with van der Waals surface area (Å²) in [6.45, 7) is 3.39. The van der Waals surface area contributed by atoms with Crippen molar-refractivity contribution < 1.29 is 4.79 Å². The van der Waals surface area contributed by atoms with E-state index in [-0.39, 0.29) is 11.8 Å². The Labute approximate surface area is 106 Å². The Hall–Kier alpha value is -2.14. The standard InChI is InChI=1S/C13H16N4O/c1-8-11(9(2)18)12(16-13(15-8)17-14)10-6-4-3-5-7-10/h3-7,12H,14H2,1-2H3,(H2,15,16,17). The van der Waals surface area contributed by atoms with Gasteiger partial charge in [-0.1, -0.05) is 30.3 Å². The summed E-state index contributed by atoms with van der Waals surface area (Å²) in [6.07, 6.45) is 0. The Morgan fingerprint density at radius 3 is 2.61 bits per heavy atom. The molecule has 1 atom stereocenters. The first kappa shape index (κ1) is 12.3. The molecule has 1 unspecified atom stereocenters. The fourth-order valence-corrected chi connectivity index (χ4v) is 2.08. The number of benzene rings is 1. The van der Waals surface area contributed by atoms with Gasteiger partial charge in [-0.25, -0.2) is 10.8 Å². The molecule has 1 aliphatic heterocycles. The third-order valence-corrected chi connectivity index (χ3v) is 2.87. The van der Waals surface area contributed by atoms with Crippen LogP contribution in [0.4, 0.5) is 0 Å². The third-order valence-electron chi connectivity index (χ3n) is 2.87. The Kier molecular flexibility index (Phi) is 3.43. The SMILES string of the molecule is CC(=O)C1=C(C)NC(NN)=NC1c1ccccc1. The van der Waals surface area contributed by atoms with Crippen LogP contribution >= 0.6 is 0 Å². The van der Waals surface area contributed by atoms with Crippen molar-refractivity contribution in [3.8, 4) is 0 Å². The molecule has 2 rings (SSSR count). The summed E-state index contributed by atoms with van der Waals surface area (Å²) in [5, 5.41) is 2.97. The molecule has 18 heavy (non-hydrogen) atoms. The van der Waals surface area contributed by atoms with Gasteiger partial charge >= 0.3 is 0 Å². The normalized spacial score (nSPS) is 19.1. The average molecular weight is 244 g/mol. The second kappa shape index (κ2) is 5.01. The van der Waals surface area contributed by atoms with Crippen molar-refractivity contribution in [1.29, 1.82) is 0 Å². The molecule has 0 fully saturated rings. The molecular weight excluding hydrogens is 228 g/mol. The minimum Gasteiger partial charge on any atom is -0.329 e. The lowest BCUT2D eigenvalue weighted by molar-refractivity contribution is -0.114. The average Bonchev–Trinajstić information content (AvgIpc) is 2.38. The molecule has 0 bridgehead atoms. The van der Waals surface area contributed by atoms with Gasteiger partial charge in [-0.05, 0) is 19.4 Å². The van der Waals surface area contributed by atoms with Crippen LogP contribution in [0.3, 0.4) is 0 Å². The van der Waals surface area contributed by atoms with Gasteiger partial charge in [0.2, 0.25) is 5.96 Å². The molecule has 5 heteroatoms. The van der Waals surface area contributed by atoms with Crippen LogP contribution in [-0.2, 0) is 4.79 Å². The summed E-state index contributed by atoms with van der Waals surface area (Å²) in [6, 6.07) is 9.37. The number of nitrogens with two attached hydrogens (primary N) is 1. The van der Waals surface area contributed by atoms with Crippen LogP contribution in [0.2, 0.25) is 0 Å². The number of guanidine groups is 1. The number of hydrazine groups is 1. The number of rotatable bonds is 2. The second-order valence-corrected chi connectivity index (χ2v) is 4.16. The molecule has 1 aromatic carbocycles. The highest BCUT2D eigenvalue weighted by atomic mass is 16.1. The largest absolute Gasteiger partial charge is 0.329 e. The number of allylic oxidation sites excluding steroid dienone is 1. The lowest BCUT2D eigenvalue weighted by atomic mass is 9.94. The Bertz CT molecular complexity index is 519. The van der Waals surface area contributed by atoms with Gasteiger partial charge < -0.3 is 5.32 Å². The van der Waals surface area contributed by atoms with E-state index in [4.69, 9.17) is 5.84 Å². The molecular formula is C13H16N4O. The highest BCUT2D eigenvalue weighted by molar-refractivity contribution is 5.98. The van der Waals surface area contributed by atoms with E-state index in [1.54, 1.807) is 6.92 Å². The monoisotopic (exact) mass is 244 g/mol. The number of carbonyl (C=O) groups is 1. The maximum atomic E-state index is 11.8. The number of nitrogens with one attached hydrogen (secondary N) is 2. The molecule has 0 aliphatic carbocycles. The Morgan fingerprint density at radius 1 is 1.39 bits per heavy atom. The molecule has 94 valence electrons. The fourth-order valence-electron chi connectivity index (χ4n) is 2.08. The molecule has 1 aromatic rings. The number of hydrogen-bond acceptors (Lipinski definition) is 5. The van der Waals surface area contributed by atoms with Gasteiger partial charge in [-0.3, -0.25) is 10.2 Å². The summed E-state index contributed by atoms with van der Waals surface area (Å²) < 4.78 is 0.